The first-order valence-corrected chi connectivity index (χ1v) is 25.1. The topological polar surface area (TPSA) is 24.9 Å². The number of hydrogen-bond donors (Lipinski definition) is 0. The van der Waals surface area contributed by atoms with E-state index in [0.717, 1.165) is 0 Å². The van der Waals surface area contributed by atoms with E-state index < -0.39 is 46.9 Å². The van der Waals surface area contributed by atoms with Crippen molar-refractivity contribution in [1.82, 2.24) is 8.79 Å². The third-order valence-corrected chi connectivity index (χ3v) is 20.4. The van der Waals surface area contributed by atoms with Crippen LogP contribution in [0, 0.1) is 0 Å². The second kappa shape index (κ2) is 7.94. The summed E-state index contributed by atoms with van der Waals surface area (Å²) in [6.07, 6.45) is 0. The molecule has 0 bridgehead atoms. The molecule has 0 amide bonds. The molecular weight excluding hydrogens is 412 g/mol. The molecule has 158 valence electrons. The van der Waals surface area contributed by atoms with E-state index in [1.807, 2.05) is 20.8 Å². The van der Waals surface area contributed by atoms with Crippen molar-refractivity contribution < 1.29 is 13.2 Å². The summed E-state index contributed by atoms with van der Waals surface area (Å²) >= 11 is 0. The van der Waals surface area contributed by atoms with Crippen molar-refractivity contribution in [3.8, 4) is 0 Å². The van der Waals surface area contributed by atoms with E-state index in [1.54, 1.807) is 0 Å². The van der Waals surface area contributed by atoms with Crippen molar-refractivity contribution in [2.24, 2.45) is 0 Å². The molecule has 0 heterocycles. The molecule has 0 spiro atoms. The summed E-state index contributed by atoms with van der Waals surface area (Å²) in [6.45, 7) is 32.4. The lowest BCUT2D eigenvalue weighted by Gasteiger charge is -2.51. The smallest absolute Gasteiger partial charge is 0.296 e. The molecule has 0 atom stereocenters. The summed E-state index contributed by atoms with van der Waals surface area (Å²) in [5, 5.41) is -0.678. The molecule has 26 heavy (non-hydrogen) atoms. The second-order valence-corrected chi connectivity index (χ2v) is 35.1. The zero-order valence-corrected chi connectivity index (χ0v) is 25.1. The minimum absolute atomic E-state index is 0.678. The van der Waals surface area contributed by atoms with Crippen LogP contribution in [0.25, 0.3) is 0 Å². The van der Waals surface area contributed by atoms with Crippen LogP contribution in [0.4, 0.5) is 4.11 Å². The molecule has 0 aliphatic carbocycles. The Morgan fingerprint density at radius 2 is 0.731 bits per heavy atom. The number of halogens is 1. The van der Waals surface area contributed by atoms with Crippen molar-refractivity contribution in [2.45, 2.75) is 104 Å². The molecule has 0 N–H and O–H groups in total. The van der Waals surface area contributed by atoms with Crippen LogP contribution in [0.1, 0.15) is 20.8 Å². The maximum Gasteiger partial charge on any atom is 0.576 e. The van der Waals surface area contributed by atoms with Crippen LogP contribution < -0.4 is 0 Å². The fourth-order valence-electron chi connectivity index (χ4n) is 3.09. The molecule has 0 saturated heterocycles. The van der Waals surface area contributed by atoms with Gasteiger partial charge in [-0.25, -0.2) is 12.9 Å². The van der Waals surface area contributed by atoms with Crippen LogP contribution >= 0.6 is 0 Å². The van der Waals surface area contributed by atoms with Gasteiger partial charge in [0.05, 0.1) is 0 Å². The first kappa shape index (κ1) is 26.9. The quantitative estimate of drug-likeness (QED) is 0.236. The Morgan fingerprint density at radius 3 is 0.846 bits per heavy atom. The maximum absolute atomic E-state index is 16.6. The average molecular weight is 457 g/mol. The van der Waals surface area contributed by atoms with Crippen LogP contribution in [-0.2, 0) is 9.05 Å². The fraction of sp³-hybridized carbons (Fsp3) is 1.00. The Kier molecular flexibility index (Phi) is 8.20. The van der Waals surface area contributed by atoms with Gasteiger partial charge in [0.2, 0.25) is 0 Å². The molecule has 0 radical (unpaired) electrons. The molecule has 0 aromatic carbocycles. The summed E-state index contributed by atoms with van der Waals surface area (Å²) in [7, 11) is -11.5. The SMILES string of the molecule is CC(C)(C)[Si](F)(ON([Si](C)(C)C)[Si](C)(C)C)ON([Si](C)(C)C)[Si](C)(C)C. The molecule has 0 saturated carbocycles. The first-order valence-electron chi connectivity index (χ1n) is 9.61. The fourth-order valence-corrected chi connectivity index (χ4v) is 26.0. The zero-order chi connectivity index (χ0) is 21.6. The van der Waals surface area contributed by atoms with E-state index in [1.165, 1.54) is 0 Å². The van der Waals surface area contributed by atoms with Gasteiger partial charge in [0, 0.05) is 5.04 Å². The van der Waals surface area contributed by atoms with Gasteiger partial charge in [0.25, 0.3) is 0 Å². The van der Waals surface area contributed by atoms with Crippen LogP contribution in [-0.4, -0.2) is 50.6 Å². The average Bonchev–Trinajstić information content (AvgIpc) is 2.25. The van der Waals surface area contributed by atoms with Crippen LogP contribution in [0.15, 0.2) is 0 Å². The van der Waals surface area contributed by atoms with Gasteiger partial charge in [-0.1, -0.05) is 99.3 Å². The zero-order valence-electron chi connectivity index (χ0n) is 20.1. The molecule has 4 nitrogen and oxygen atoms in total. The highest BCUT2D eigenvalue weighted by atomic mass is 28.4. The lowest BCUT2D eigenvalue weighted by atomic mass is 10.3. The summed E-state index contributed by atoms with van der Waals surface area (Å²) in [4.78, 5) is 0. The summed E-state index contributed by atoms with van der Waals surface area (Å²) in [6, 6.07) is 0. The second-order valence-electron chi connectivity index (χ2n) is 12.2. The van der Waals surface area contributed by atoms with Gasteiger partial charge in [0.15, 0.2) is 0 Å². The third-order valence-electron chi connectivity index (χ3n) is 3.75. The third kappa shape index (κ3) is 7.35. The van der Waals surface area contributed by atoms with Gasteiger partial charge in [-0.2, -0.15) is 0 Å². The number of rotatable bonds is 8. The molecule has 0 aliphatic heterocycles. The Labute approximate surface area is 168 Å². The minimum atomic E-state index is -4.03. The first-order chi connectivity index (χ1) is 10.9. The normalized spacial score (nSPS) is 15.9. The van der Waals surface area contributed by atoms with E-state index in [-0.39, 0.29) is 0 Å². The van der Waals surface area contributed by atoms with Gasteiger partial charge in [0.1, 0.15) is 32.9 Å². The van der Waals surface area contributed by atoms with Gasteiger partial charge in [-0.05, 0) is 0 Å². The molecule has 0 aliphatic rings. The van der Waals surface area contributed by atoms with E-state index in [4.69, 9.17) is 9.05 Å². The highest BCUT2D eigenvalue weighted by Crippen LogP contribution is 2.43. The molecule has 0 rings (SSSR count). The van der Waals surface area contributed by atoms with Crippen LogP contribution in [0.5, 0.6) is 0 Å². The molecule has 0 aromatic heterocycles. The largest absolute Gasteiger partial charge is 0.576 e. The van der Waals surface area contributed by atoms with E-state index in [0.29, 0.717) is 0 Å². The maximum atomic E-state index is 16.6. The Bertz CT molecular complexity index is 411. The van der Waals surface area contributed by atoms with E-state index in [9.17, 15) is 0 Å². The Hall–Kier alpha value is 0.854. The van der Waals surface area contributed by atoms with Gasteiger partial charge < -0.3 is 0 Å². The van der Waals surface area contributed by atoms with E-state index in [2.05, 4.69) is 87.4 Å². The summed E-state index contributed by atoms with van der Waals surface area (Å²) in [5.41, 5.74) is 0. The predicted molar refractivity (Wildman–Crippen MR) is 126 cm³/mol. The number of hydrogen-bond acceptors (Lipinski definition) is 4. The lowest BCUT2D eigenvalue weighted by Crippen LogP contribution is -2.69. The number of nitrogens with zero attached hydrogens (tertiary/aromatic N) is 2. The van der Waals surface area contributed by atoms with Crippen molar-refractivity contribution >= 4 is 41.8 Å². The molecule has 0 aromatic rings. The highest BCUT2D eigenvalue weighted by molar-refractivity contribution is 6.90. The highest BCUT2D eigenvalue weighted by Gasteiger charge is 2.60. The summed E-state index contributed by atoms with van der Waals surface area (Å²) in [5.74, 6) is 0. The summed E-state index contributed by atoms with van der Waals surface area (Å²) < 4.78 is 33.5. The van der Waals surface area contributed by atoms with Crippen molar-refractivity contribution in [1.29, 1.82) is 0 Å². The van der Waals surface area contributed by atoms with Gasteiger partial charge in [-0.3, -0.25) is 9.05 Å². The molecule has 0 unspecified atom stereocenters. The molecule has 0 fully saturated rings. The van der Waals surface area contributed by atoms with Crippen molar-refractivity contribution in [3.05, 3.63) is 0 Å². The Balaban J connectivity index is 6.16. The Morgan fingerprint density at radius 1 is 0.538 bits per heavy atom. The van der Waals surface area contributed by atoms with Crippen molar-refractivity contribution in [3.63, 3.8) is 0 Å². The van der Waals surface area contributed by atoms with Crippen LogP contribution in [0.3, 0.4) is 0 Å². The monoisotopic (exact) mass is 456 g/mol. The standard InChI is InChI=1S/C16H45FN2O2Si5/c1-16(2,3)26(17,20-18(22(4,5)6)23(7,8)9)21-19(24(10,11)12)25(13,14)15/h1-15H3. The van der Waals surface area contributed by atoms with Gasteiger partial charge >= 0.3 is 8.89 Å². The van der Waals surface area contributed by atoms with Crippen LogP contribution in [0.2, 0.25) is 83.6 Å². The van der Waals surface area contributed by atoms with E-state index >= 15 is 4.11 Å². The lowest BCUT2D eigenvalue weighted by molar-refractivity contribution is -0.0563. The predicted octanol–water partition coefficient (Wildman–Crippen LogP) is 6.50. The van der Waals surface area contributed by atoms with Crippen molar-refractivity contribution in [2.75, 3.05) is 0 Å². The van der Waals surface area contributed by atoms with Gasteiger partial charge in [-0.15, -0.1) is 0 Å². The minimum Gasteiger partial charge on any atom is -0.296 e. The molecular formula is C16H45FN2O2Si5. The molecule has 10 heteroatoms.